The molecule has 0 aliphatic rings. The second-order valence-electron chi connectivity index (χ2n) is 5.10. The van der Waals surface area contributed by atoms with Gasteiger partial charge in [0.25, 0.3) is 0 Å². The van der Waals surface area contributed by atoms with Gasteiger partial charge in [-0.15, -0.1) is 0 Å². The summed E-state index contributed by atoms with van der Waals surface area (Å²) in [6.45, 7) is 6.22. The van der Waals surface area contributed by atoms with E-state index in [9.17, 15) is 4.79 Å². The van der Waals surface area contributed by atoms with E-state index in [0.717, 1.165) is 23.2 Å². The van der Waals surface area contributed by atoms with Crippen LogP contribution >= 0.6 is 11.6 Å². The first kappa shape index (κ1) is 14.6. The van der Waals surface area contributed by atoms with Crippen molar-refractivity contribution in [1.29, 1.82) is 0 Å². The maximum atomic E-state index is 11.1. The second-order valence-corrected chi connectivity index (χ2v) is 5.53. The van der Waals surface area contributed by atoms with Gasteiger partial charge in [0.2, 0.25) is 0 Å². The predicted molar refractivity (Wildman–Crippen MR) is 82.2 cm³/mol. The molecule has 0 heterocycles. The van der Waals surface area contributed by atoms with Crippen molar-refractivity contribution >= 4 is 17.9 Å². The van der Waals surface area contributed by atoms with Gasteiger partial charge in [0.05, 0.1) is 5.56 Å². The fraction of sp³-hybridized carbons (Fsp3) is 0.235. The van der Waals surface area contributed by atoms with Crippen LogP contribution in [0.3, 0.4) is 0 Å². The first-order chi connectivity index (χ1) is 9.51. The molecule has 0 atom stereocenters. The number of aldehydes is 1. The number of benzene rings is 2. The highest BCUT2D eigenvalue weighted by Crippen LogP contribution is 2.33. The van der Waals surface area contributed by atoms with Crippen LogP contribution in [0.15, 0.2) is 36.4 Å². The average molecular weight is 289 g/mol. The Bertz CT molecular complexity index is 633. The Hall–Kier alpha value is -1.80. The van der Waals surface area contributed by atoms with E-state index >= 15 is 0 Å². The topological polar surface area (TPSA) is 26.3 Å². The molecule has 0 saturated carbocycles. The summed E-state index contributed by atoms with van der Waals surface area (Å²) in [6, 6.07) is 11.1. The number of halogens is 1. The van der Waals surface area contributed by atoms with Crippen molar-refractivity contribution in [2.45, 2.75) is 26.7 Å². The monoisotopic (exact) mass is 288 g/mol. The van der Waals surface area contributed by atoms with E-state index in [1.165, 1.54) is 0 Å². The summed E-state index contributed by atoms with van der Waals surface area (Å²) in [6.07, 6.45) is 0.774. The van der Waals surface area contributed by atoms with E-state index in [1.807, 2.05) is 13.0 Å². The molecular formula is C17H17ClO2. The Morgan fingerprint density at radius 2 is 1.85 bits per heavy atom. The fourth-order valence-electron chi connectivity index (χ4n) is 2.02. The van der Waals surface area contributed by atoms with Crippen molar-refractivity contribution in [2.24, 2.45) is 0 Å². The van der Waals surface area contributed by atoms with Gasteiger partial charge in [0.1, 0.15) is 11.5 Å². The zero-order valence-electron chi connectivity index (χ0n) is 11.8. The normalized spacial score (nSPS) is 10.7. The lowest BCUT2D eigenvalue weighted by molar-refractivity contribution is 0.112. The summed E-state index contributed by atoms with van der Waals surface area (Å²) in [4.78, 5) is 11.1. The lowest BCUT2D eigenvalue weighted by Gasteiger charge is -2.15. The van der Waals surface area contributed by atoms with Crippen molar-refractivity contribution in [2.75, 3.05) is 0 Å². The van der Waals surface area contributed by atoms with Crippen molar-refractivity contribution in [3.05, 3.63) is 58.1 Å². The maximum Gasteiger partial charge on any atom is 0.153 e. The van der Waals surface area contributed by atoms with Gasteiger partial charge in [-0.25, -0.2) is 0 Å². The minimum absolute atomic E-state index is 0.337. The zero-order chi connectivity index (χ0) is 14.7. The molecule has 2 aromatic carbocycles. The number of aryl methyl sites for hydroxylation is 1. The van der Waals surface area contributed by atoms with Gasteiger partial charge < -0.3 is 4.74 Å². The van der Waals surface area contributed by atoms with Crippen LogP contribution < -0.4 is 4.74 Å². The summed E-state index contributed by atoms with van der Waals surface area (Å²) >= 11 is 5.98. The molecule has 0 unspecified atom stereocenters. The molecule has 0 fully saturated rings. The van der Waals surface area contributed by atoms with Crippen LogP contribution in [-0.4, -0.2) is 6.29 Å². The van der Waals surface area contributed by atoms with Gasteiger partial charge in [-0.1, -0.05) is 37.6 Å². The van der Waals surface area contributed by atoms with Gasteiger partial charge in [-0.2, -0.15) is 0 Å². The third-order valence-corrected chi connectivity index (χ3v) is 3.35. The van der Waals surface area contributed by atoms with Crippen LogP contribution in [0.5, 0.6) is 11.5 Å². The van der Waals surface area contributed by atoms with Gasteiger partial charge in [-0.3, -0.25) is 4.79 Å². The fourth-order valence-corrected chi connectivity index (χ4v) is 2.18. The first-order valence-electron chi connectivity index (χ1n) is 6.54. The van der Waals surface area contributed by atoms with Gasteiger partial charge in [-0.05, 0) is 42.2 Å². The van der Waals surface area contributed by atoms with E-state index in [-0.39, 0.29) is 0 Å². The second kappa shape index (κ2) is 6.10. The highest BCUT2D eigenvalue weighted by molar-refractivity contribution is 6.30. The van der Waals surface area contributed by atoms with E-state index in [1.54, 1.807) is 18.2 Å². The zero-order valence-corrected chi connectivity index (χ0v) is 12.6. The molecule has 0 radical (unpaired) electrons. The third kappa shape index (κ3) is 3.20. The molecule has 3 heteroatoms. The molecule has 0 saturated heterocycles. The largest absolute Gasteiger partial charge is 0.456 e. The molecule has 0 amide bonds. The lowest BCUT2D eigenvalue weighted by Crippen LogP contribution is -1.97. The third-order valence-electron chi connectivity index (χ3n) is 3.11. The predicted octanol–water partition coefficient (Wildman–Crippen LogP) is 5.38. The summed E-state index contributed by atoms with van der Waals surface area (Å²) in [5.41, 5.74) is 2.71. The number of hydrogen-bond acceptors (Lipinski definition) is 2. The first-order valence-corrected chi connectivity index (χ1v) is 6.92. The number of hydrogen-bond donors (Lipinski definition) is 0. The summed E-state index contributed by atoms with van der Waals surface area (Å²) < 4.78 is 5.94. The molecule has 0 N–H and O–H groups in total. The maximum absolute atomic E-state index is 11.1. The van der Waals surface area contributed by atoms with E-state index in [2.05, 4.69) is 26.0 Å². The molecule has 0 bridgehead atoms. The van der Waals surface area contributed by atoms with Crippen LogP contribution in [0.1, 0.15) is 41.3 Å². The Kier molecular flexibility index (Phi) is 4.46. The number of carbonyl (C=O) groups excluding carboxylic acids is 1. The minimum atomic E-state index is 0.337. The van der Waals surface area contributed by atoms with Gasteiger partial charge >= 0.3 is 0 Å². The molecule has 2 nitrogen and oxygen atoms in total. The van der Waals surface area contributed by atoms with Gasteiger partial charge in [0, 0.05) is 11.1 Å². The van der Waals surface area contributed by atoms with E-state index < -0.39 is 0 Å². The van der Waals surface area contributed by atoms with Crippen molar-refractivity contribution in [1.82, 2.24) is 0 Å². The lowest BCUT2D eigenvalue weighted by atomic mass is 10.0. The Morgan fingerprint density at radius 3 is 2.50 bits per heavy atom. The molecule has 20 heavy (non-hydrogen) atoms. The van der Waals surface area contributed by atoms with Crippen molar-refractivity contribution < 1.29 is 9.53 Å². The Balaban J connectivity index is 2.46. The average Bonchev–Trinajstić information content (AvgIpc) is 2.38. The van der Waals surface area contributed by atoms with Crippen LogP contribution in [0, 0.1) is 6.92 Å². The number of carbonyl (C=O) groups is 1. The standard InChI is InChI=1S/C17H17ClO2/c1-11(2)15-7-4-12(3)8-17(15)20-16-9-14(18)6-5-13(16)10-19/h4-11H,1-3H3. The molecule has 104 valence electrons. The molecule has 0 aliphatic carbocycles. The SMILES string of the molecule is Cc1ccc(C(C)C)c(Oc2cc(Cl)ccc2C=O)c1. The molecule has 2 aromatic rings. The van der Waals surface area contributed by atoms with Crippen molar-refractivity contribution in [3.63, 3.8) is 0 Å². The van der Waals surface area contributed by atoms with E-state index in [0.29, 0.717) is 22.3 Å². The molecule has 2 rings (SSSR count). The summed E-state index contributed by atoms with van der Waals surface area (Å²) in [5, 5.41) is 0.546. The number of ether oxygens (including phenoxy) is 1. The molecule has 0 spiro atoms. The quantitative estimate of drug-likeness (QED) is 0.706. The van der Waals surface area contributed by atoms with Crippen LogP contribution in [0.2, 0.25) is 5.02 Å². The van der Waals surface area contributed by atoms with Crippen LogP contribution in [-0.2, 0) is 0 Å². The van der Waals surface area contributed by atoms with Crippen LogP contribution in [0.4, 0.5) is 0 Å². The van der Waals surface area contributed by atoms with Crippen LogP contribution in [0.25, 0.3) is 0 Å². The Morgan fingerprint density at radius 1 is 1.10 bits per heavy atom. The Labute approximate surface area is 124 Å². The molecular weight excluding hydrogens is 272 g/mol. The smallest absolute Gasteiger partial charge is 0.153 e. The highest BCUT2D eigenvalue weighted by atomic mass is 35.5. The molecule has 0 aromatic heterocycles. The highest BCUT2D eigenvalue weighted by Gasteiger charge is 2.11. The minimum Gasteiger partial charge on any atom is -0.456 e. The number of rotatable bonds is 4. The van der Waals surface area contributed by atoms with E-state index in [4.69, 9.17) is 16.3 Å². The van der Waals surface area contributed by atoms with Crippen molar-refractivity contribution in [3.8, 4) is 11.5 Å². The van der Waals surface area contributed by atoms with Gasteiger partial charge in [0.15, 0.2) is 6.29 Å². The molecule has 0 aliphatic heterocycles. The summed E-state index contributed by atoms with van der Waals surface area (Å²) in [5.74, 6) is 1.59. The summed E-state index contributed by atoms with van der Waals surface area (Å²) in [7, 11) is 0.